The van der Waals surface area contributed by atoms with Gasteiger partial charge in [-0.25, -0.2) is 0 Å². The van der Waals surface area contributed by atoms with Crippen molar-refractivity contribution in [2.24, 2.45) is 0 Å². The van der Waals surface area contributed by atoms with E-state index in [0.29, 0.717) is 11.1 Å². The molecule has 1 saturated heterocycles. The monoisotopic (exact) mass is 225 g/mol. The van der Waals surface area contributed by atoms with Crippen molar-refractivity contribution in [1.29, 1.82) is 0 Å². The first-order valence-electron chi connectivity index (χ1n) is 5.10. The summed E-state index contributed by atoms with van der Waals surface area (Å²) >= 11 is 1.49. The summed E-state index contributed by atoms with van der Waals surface area (Å²) in [5, 5.41) is 0.697. The molecule has 6 heteroatoms. The Hall–Kier alpha value is -1.04. The van der Waals surface area contributed by atoms with Gasteiger partial charge in [0.05, 0.1) is 0 Å². The highest BCUT2D eigenvalue weighted by molar-refractivity contribution is 7.98. The van der Waals surface area contributed by atoms with Gasteiger partial charge >= 0.3 is 0 Å². The highest BCUT2D eigenvalue weighted by Gasteiger charge is 2.14. The standard InChI is InChI=1S/C9H15N5S/c1-15-9-12-7(10)11-8(13-9)14-5-3-2-4-6-14/h2-6H2,1H3,(H2,10,11,12,13). The lowest BCUT2D eigenvalue weighted by Crippen LogP contribution is -2.31. The fraction of sp³-hybridized carbons (Fsp3) is 0.667. The quantitative estimate of drug-likeness (QED) is 0.762. The molecule has 0 bridgehead atoms. The molecule has 0 amide bonds. The average Bonchev–Trinajstić information content (AvgIpc) is 2.29. The Morgan fingerprint density at radius 3 is 2.53 bits per heavy atom. The minimum Gasteiger partial charge on any atom is -0.368 e. The van der Waals surface area contributed by atoms with E-state index >= 15 is 0 Å². The second kappa shape index (κ2) is 4.65. The minimum absolute atomic E-state index is 0.315. The predicted molar refractivity (Wildman–Crippen MR) is 62.1 cm³/mol. The number of anilines is 2. The molecule has 2 N–H and O–H groups in total. The van der Waals surface area contributed by atoms with E-state index in [-0.39, 0.29) is 0 Å². The predicted octanol–water partition coefficient (Wildman–Crippen LogP) is 1.17. The Balaban J connectivity index is 2.22. The van der Waals surface area contributed by atoms with Gasteiger partial charge in [0.15, 0.2) is 5.16 Å². The zero-order chi connectivity index (χ0) is 10.7. The molecule has 5 nitrogen and oxygen atoms in total. The molecule has 1 aliphatic heterocycles. The molecule has 0 aliphatic carbocycles. The van der Waals surface area contributed by atoms with E-state index in [0.717, 1.165) is 19.0 Å². The smallest absolute Gasteiger partial charge is 0.231 e. The molecule has 0 saturated carbocycles. The summed E-state index contributed by atoms with van der Waals surface area (Å²) in [6, 6.07) is 0. The summed E-state index contributed by atoms with van der Waals surface area (Å²) in [5.41, 5.74) is 5.64. The van der Waals surface area contributed by atoms with E-state index in [1.54, 1.807) is 0 Å². The van der Waals surface area contributed by atoms with E-state index in [1.807, 2.05) is 6.26 Å². The van der Waals surface area contributed by atoms with Gasteiger partial charge in [-0.3, -0.25) is 0 Å². The summed E-state index contributed by atoms with van der Waals surface area (Å²) in [6.07, 6.45) is 5.65. The topological polar surface area (TPSA) is 67.9 Å². The Morgan fingerprint density at radius 2 is 1.87 bits per heavy atom. The number of piperidine rings is 1. The van der Waals surface area contributed by atoms with E-state index in [9.17, 15) is 0 Å². The lowest BCUT2D eigenvalue weighted by molar-refractivity contribution is 0.565. The normalized spacial score (nSPS) is 16.7. The molecular weight excluding hydrogens is 210 g/mol. The molecule has 2 heterocycles. The molecule has 0 atom stereocenters. The number of aromatic nitrogens is 3. The first-order chi connectivity index (χ1) is 7.29. The van der Waals surface area contributed by atoms with Gasteiger partial charge in [0, 0.05) is 13.1 Å². The zero-order valence-corrected chi connectivity index (χ0v) is 9.63. The van der Waals surface area contributed by atoms with Crippen LogP contribution < -0.4 is 10.6 Å². The molecule has 0 radical (unpaired) electrons. The van der Waals surface area contributed by atoms with Crippen molar-refractivity contribution in [2.75, 3.05) is 30.0 Å². The van der Waals surface area contributed by atoms with Gasteiger partial charge in [-0.05, 0) is 25.5 Å². The van der Waals surface area contributed by atoms with Crippen LogP contribution in [0.2, 0.25) is 0 Å². The molecule has 82 valence electrons. The van der Waals surface area contributed by atoms with Gasteiger partial charge in [0.25, 0.3) is 0 Å². The zero-order valence-electron chi connectivity index (χ0n) is 8.81. The first-order valence-corrected chi connectivity index (χ1v) is 6.32. The molecule has 0 spiro atoms. The van der Waals surface area contributed by atoms with Gasteiger partial charge in [-0.15, -0.1) is 0 Å². The fourth-order valence-corrected chi connectivity index (χ4v) is 2.05. The van der Waals surface area contributed by atoms with Gasteiger partial charge in [-0.2, -0.15) is 15.0 Å². The molecule has 0 unspecified atom stereocenters. The van der Waals surface area contributed by atoms with Crippen molar-refractivity contribution in [2.45, 2.75) is 24.4 Å². The SMILES string of the molecule is CSc1nc(N)nc(N2CCCCC2)n1. The summed E-state index contributed by atoms with van der Waals surface area (Å²) in [4.78, 5) is 14.8. The highest BCUT2D eigenvalue weighted by atomic mass is 32.2. The summed E-state index contributed by atoms with van der Waals surface area (Å²) in [6.45, 7) is 2.05. The maximum Gasteiger partial charge on any atom is 0.231 e. The minimum atomic E-state index is 0.315. The molecule has 1 aliphatic rings. The second-order valence-electron chi connectivity index (χ2n) is 3.53. The number of nitrogen functional groups attached to an aromatic ring is 1. The Morgan fingerprint density at radius 1 is 1.13 bits per heavy atom. The maximum absolute atomic E-state index is 5.64. The van der Waals surface area contributed by atoms with Crippen molar-refractivity contribution >= 4 is 23.7 Å². The molecular formula is C9H15N5S. The highest BCUT2D eigenvalue weighted by Crippen LogP contribution is 2.18. The van der Waals surface area contributed by atoms with Gasteiger partial charge in [-0.1, -0.05) is 11.8 Å². The Kier molecular flexibility index (Phi) is 3.25. The number of rotatable bonds is 2. The number of hydrogen-bond acceptors (Lipinski definition) is 6. The van der Waals surface area contributed by atoms with Gasteiger partial charge in [0.2, 0.25) is 11.9 Å². The lowest BCUT2D eigenvalue weighted by atomic mass is 10.1. The lowest BCUT2D eigenvalue weighted by Gasteiger charge is -2.26. The molecule has 1 fully saturated rings. The van der Waals surface area contributed by atoms with E-state index < -0.39 is 0 Å². The van der Waals surface area contributed by atoms with Crippen LogP contribution in [0.5, 0.6) is 0 Å². The van der Waals surface area contributed by atoms with E-state index in [2.05, 4.69) is 19.9 Å². The number of hydrogen-bond donors (Lipinski definition) is 1. The molecule has 1 aromatic heterocycles. The Labute approximate surface area is 93.5 Å². The first kappa shape index (κ1) is 10.5. The largest absolute Gasteiger partial charge is 0.368 e. The van der Waals surface area contributed by atoms with E-state index in [4.69, 9.17) is 5.73 Å². The molecule has 15 heavy (non-hydrogen) atoms. The fourth-order valence-electron chi connectivity index (χ4n) is 1.69. The van der Waals surface area contributed by atoms with Crippen LogP contribution in [-0.2, 0) is 0 Å². The van der Waals surface area contributed by atoms with Crippen LogP contribution in [0, 0.1) is 0 Å². The van der Waals surface area contributed by atoms with Crippen molar-refractivity contribution in [3.63, 3.8) is 0 Å². The third-order valence-electron chi connectivity index (χ3n) is 2.44. The third-order valence-corrected chi connectivity index (χ3v) is 2.99. The summed E-state index contributed by atoms with van der Waals surface area (Å²) in [5.74, 6) is 1.04. The van der Waals surface area contributed by atoms with Crippen LogP contribution >= 0.6 is 11.8 Å². The van der Waals surface area contributed by atoms with Crippen LogP contribution in [0.4, 0.5) is 11.9 Å². The van der Waals surface area contributed by atoms with Crippen LogP contribution in [0.15, 0.2) is 5.16 Å². The molecule has 1 aromatic rings. The molecule has 0 aromatic carbocycles. The van der Waals surface area contributed by atoms with Crippen molar-refractivity contribution in [1.82, 2.24) is 15.0 Å². The molecule has 2 rings (SSSR count). The second-order valence-corrected chi connectivity index (χ2v) is 4.30. The number of nitrogens with two attached hydrogens (primary N) is 1. The van der Waals surface area contributed by atoms with Crippen LogP contribution in [0.1, 0.15) is 19.3 Å². The van der Waals surface area contributed by atoms with Crippen LogP contribution in [0.3, 0.4) is 0 Å². The number of nitrogens with zero attached hydrogens (tertiary/aromatic N) is 4. The Bertz CT molecular complexity index is 337. The van der Waals surface area contributed by atoms with Crippen LogP contribution in [-0.4, -0.2) is 34.3 Å². The third kappa shape index (κ3) is 2.50. The summed E-state index contributed by atoms with van der Waals surface area (Å²) < 4.78 is 0. The van der Waals surface area contributed by atoms with Crippen LogP contribution in [0.25, 0.3) is 0 Å². The van der Waals surface area contributed by atoms with Crippen molar-refractivity contribution in [3.8, 4) is 0 Å². The maximum atomic E-state index is 5.64. The number of thioether (sulfide) groups is 1. The van der Waals surface area contributed by atoms with Gasteiger partial charge in [0.1, 0.15) is 0 Å². The summed E-state index contributed by atoms with van der Waals surface area (Å²) in [7, 11) is 0. The van der Waals surface area contributed by atoms with E-state index in [1.165, 1.54) is 31.0 Å². The van der Waals surface area contributed by atoms with Crippen molar-refractivity contribution < 1.29 is 0 Å². The average molecular weight is 225 g/mol. The van der Waals surface area contributed by atoms with Gasteiger partial charge < -0.3 is 10.6 Å². The van der Waals surface area contributed by atoms with Crippen molar-refractivity contribution in [3.05, 3.63) is 0 Å².